The molecule has 0 spiro atoms. The topological polar surface area (TPSA) is 84.5 Å². The van der Waals surface area contributed by atoms with Crippen LogP contribution in [0.1, 0.15) is 28.4 Å². The molecule has 136 valence electrons. The van der Waals surface area contributed by atoms with Crippen molar-refractivity contribution in [2.45, 2.75) is 20.8 Å². The molecule has 2 aromatic carbocycles. The molecule has 0 heterocycles. The van der Waals surface area contributed by atoms with Gasteiger partial charge in [0.1, 0.15) is 0 Å². The quantitative estimate of drug-likeness (QED) is 0.722. The van der Waals surface area contributed by atoms with Crippen LogP contribution in [-0.4, -0.2) is 24.4 Å². The van der Waals surface area contributed by atoms with E-state index in [0.29, 0.717) is 16.9 Å². The molecule has 0 aromatic heterocycles. The van der Waals surface area contributed by atoms with Crippen LogP contribution in [0.2, 0.25) is 0 Å². The third kappa shape index (κ3) is 5.16. The van der Waals surface area contributed by atoms with Gasteiger partial charge in [0.2, 0.25) is 5.91 Å². The lowest BCUT2D eigenvalue weighted by Crippen LogP contribution is -2.21. The van der Waals surface area contributed by atoms with Crippen molar-refractivity contribution in [3.63, 3.8) is 0 Å². The van der Waals surface area contributed by atoms with Crippen molar-refractivity contribution in [3.05, 3.63) is 57.6 Å². The summed E-state index contributed by atoms with van der Waals surface area (Å²) in [6, 6.07) is 9.85. The number of carbonyl (C=O) groups is 3. The second-order valence-corrected chi connectivity index (χ2v) is 6.58. The summed E-state index contributed by atoms with van der Waals surface area (Å²) in [6.07, 6.45) is 0. The highest BCUT2D eigenvalue weighted by molar-refractivity contribution is 9.10. The molecule has 2 rings (SSSR count). The number of ether oxygens (including phenoxy) is 1. The normalized spacial score (nSPS) is 10.2. The number of halogens is 1. The third-order valence-corrected chi connectivity index (χ3v) is 4.63. The summed E-state index contributed by atoms with van der Waals surface area (Å²) in [7, 11) is 0. The van der Waals surface area contributed by atoms with E-state index in [1.807, 2.05) is 19.9 Å². The van der Waals surface area contributed by atoms with Crippen LogP contribution in [0.5, 0.6) is 0 Å². The van der Waals surface area contributed by atoms with Gasteiger partial charge in [-0.05, 0) is 61.4 Å². The molecule has 26 heavy (non-hydrogen) atoms. The Morgan fingerprint density at radius 1 is 0.962 bits per heavy atom. The molecule has 0 fully saturated rings. The minimum absolute atomic E-state index is 0.199. The van der Waals surface area contributed by atoms with Gasteiger partial charge in [0.15, 0.2) is 6.61 Å². The van der Waals surface area contributed by atoms with E-state index in [2.05, 4.69) is 26.6 Å². The van der Waals surface area contributed by atoms with Gasteiger partial charge in [-0.3, -0.25) is 9.59 Å². The summed E-state index contributed by atoms with van der Waals surface area (Å²) in [5.74, 6) is -1.23. The Morgan fingerprint density at radius 2 is 1.62 bits per heavy atom. The van der Waals surface area contributed by atoms with E-state index >= 15 is 0 Å². The second kappa shape index (κ2) is 8.62. The Kier molecular flexibility index (Phi) is 6.52. The van der Waals surface area contributed by atoms with Gasteiger partial charge in [-0.1, -0.05) is 15.9 Å². The van der Waals surface area contributed by atoms with Crippen molar-refractivity contribution >= 4 is 45.1 Å². The average Bonchev–Trinajstić information content (AvgIpc) is 2.60. The number of esters is 1. The van der Waals surface area contributed by atoms with Gasteiger partial charge < -0.3 is 15.4 Å². The molecule has 0 saturated carbocycles. The Labute approximate surface area is 160 Å². The molecular weight excluding hydrogens is 400 g/mol. The van der Waals surface area contributed by atoms with Crippen LogP contribution in [0.25, 0.3) is 0 Å². The molecule has 0 radical (unpaired) electrons. The smallest absolute Gasteiger partial charge is 0.338 e. The van der Waals surface area contributed by atoms with Crippen LogP contribution in [0.3, 0.4) is 0 Å². The van der Waals surface area contributed by atoms with Gasteiger partial charge in [-0.25, -0.2) is 4.79 Å². The maximum atomic E-state index is 12.0. The van der Waals surface area contributed by atoms with E-state index in [4.69, 9.17) is 4.74 Å². The molecule has 0 aliphatic carbocycles. The van der Waals surface area contributed by atoms with Crippen molar-refractivity contribution in [1.29, 1.82) is 0 Å². The van der Waals surface area contributed by atoms with E-state index in [1.165, 1.54) is 19.1 Å². The van der Waals surface area contributed by atoms with E-state index < -0.39 is 11.9 Å². The highest BCUT2D eigenvalue weighted by atomic mass is 79.9. The SMILES string of the molecule is CC(=O)Nc1ccc(C(=O)OCC(=O)Nc2ccc(Br)c(C)c2C)cc1. The molecule has 0 saturated heterocycles. The number of anilines is 2. The van der Waals surface area contributed by atoms with Crippen molar-refractivity contribution < 1.29 is 19.1 Å². The van der Waals surface area contributed by atoms with Crippen LogP contribution in [0, 0.1) is 13.8 Å². The highest BCUT2D eigenvalue weighted by Crippen LogP contribution is 2.25. The molecule has 0 atom stereocenters. The average molecular weight is 419 g/mol. The maximum Gasteiger partial charge on any atom is 0.338 e. The van der Waals surface area contributed by atoms with Gasteiger partial charge in [0.05, 0.1) is 5.56 Å². The monoisotopic (exact) mass is 418 g/mol. The number of benzene rings is 2. The fourth-order valence-corrected chi connectivity index (χ4v) is 2.65. The fourth-order valence-electron chi connectivity index (χ4n) is 2.22. The number of amides is 2. The van der Waals surface area contributed by atoms with Gasteiger partial charge in [-0.2, -0.15) is 0 Å². The third-order valence-electron chi connectivity index (χ3n) is 3.77. The molecule has 0 bridgehead atoms. The number of hydrogen-bond donors (Lipinski definition) is 2. The molecule has 0 unspecified atom stereocenters. The molecule has 2 amide bonds. The van der Waals surface area contributed by atoms with Crippen LogP contribution in [0.4, 0.5) is 11.4 Å². The minimum atomic E-state index is -0.613. The zero-order valence-electron chi connectivity index (χ0n) is 14.7. The first kappa shape index (κ1) is 19.7. The summed E-state index contributed by atoms with van der Waals surface area (Å²) in [5.41, 5.74) is 3.51. The minimum Gasteiger partial charge on any atom is -0.452 e. The molecule has 2 aromatic rings. The largest absolute Gasteiger partial charge is 0.452 e. The van der Waals surface area contributed by atoms with Crippen molar-refractivity contribution in [3.8, 4) is 0 Å². The van der Waals surface area contributed by atoms with Crippen LogP contribution >= 0.6 is 15.9 Å². The van der Waals surface area contributed by atoms with Gasteiger partial charge in [0.25, 0.3) is 5.91 Å². The summed E-state index contributed by atoms with van der Waals surface area (Å²) in [5, 5.41) is 5.33. The summed E-state index contributed by atoms with van der Waals surface area (Å²) in [4.78, 5) is 35.0. The lowest BCUT2D eigenvalue weighted by Gasteiger charge is -2.12. The Bertz CT molecular complexity index is 847. The van der Waals surface area contributed by atoms with Crippen LogP contribution < -0.4 is 10.6 Å². The molecular formula is C19H19BrN2O4. The molecule has 6 nitrogen and oxygen atoms in total. The molecule has 0 aliphatic rings. The first-order valence-electron chi connectivity index (χ1n) is 7.88. The van der Waals surface area contributed by atoms with E-state index in [-0.39, 0.29) is 12.5 Å². The first-order valence-corrected chi connectivity index (χ1v) is 8.67. The van der Waals surface area contributed by atoms with Crippen molar-refractivity contribution in [2.75, 3.05) is 17.2 Å². The highest BCUT2D eigenvalue weighted by Gasteiger charge is 2.12. The Balaban J connectivity index is 1.91. The zero-order valence-corrected chi connectivity index (χ0v) is 16.3. The number of rotatable bonds is 5. The van der Waals surface area contributed by atoms with Crippen molar-refractivity contribution in [1.82, 2.24) is 0 Å². The summed E-state index contributed by atoms with van der Waals surface area (Å²) >= 11 is 3.43. The maximum absolute atomic E-state index is 12.0. The van der Waals surface area contributed by atoms with Crippen LogP contribution in [-0.2, 0) is 14.3 Å². The van der Waals surface area contributed by atoms with Crippen molar-refractivity contribution in [2.24, 2.45) is 0 Å². The predicted molar refractivity (Wildman–Crippen MR) is 103 cm³/mol. The summed E-state index contributed by atoms with van der Waals surface area (Å²) < 4.78 is 5.99. The summed E-state index contributed by atoms with van der Waals surface area (Å²) in [6.45, 7) is 4.86. The standard InChI is InChI=1S/C19H19BrN2O4/c1-11-12(2)17(9-8-16(11)20)22-18(24)10-26-19(25)14-4-6-15(7-5-14)21-13(3)23/h4-9H,10H2,1-3H3,(H,21,23)(H,22,24). The molecule has 7 heteroatoms. The Hall–Kier alpha value is -2.67. The van der Waals surface area contributed by atoms with E-state index in [1.54, 1.807) is 18.2 Å². The predicted octanol–water partition coefficient (Wildman–Crippen LogP) is 3.82. The number of hydrogen-bond acceptors (Lipinski definition) is 4. The lowest BCUT2D eigenvalue weighted by atomic mass is 10.1. The van der Waals surface area contributed by atoms with E-state index in [9.17, 15) is 14.4 Å². The van der Waals surface area contributed by atoms with Gasteiger partial charge >= 0.3 is 5.97 Å². The second-order valence-electron chi connectivity index (χ2n) is 5.73. The number of carbonyl (C=O) groups excluding carboxylic acids is 3. The fraction of sp³-hybridized carbons (Fsp3) is 0.211. The molecule has 2 N–H and O–H groups in total. The Morgan fingerprint density at radius 3 is 2.23 bits per heavy atom. The zero-order chi connectivity index (χ0) is 19.3. The first-order chi connectivity index (χ1) is 12.3. The van der Waals surface area contributed by atoms with E-state index in [0.717, 1.165) is 15.6 Å². The van der Waals surface area contributed by atoms with Gasteiger partial charge in [-0.15, -0.1) is 0 Å². The van der Waals surface area contributed by atoms with Gasteiger partial charge in [0, 0.05) is 22.8 Å². The number of nitrogens with one attached hydrogen (secondary N) is 2. The lowest BCUT2D eigenvalue weighted by molar-refractivity contribution is -0.119. The van der Waals surface area contributed by atoms with Crippen LogP contribution in [0.15, 0.2) is 40.9 Å². The molecule has 0 aliphatic heterocycles.